The number of nitrogens with two attached hydrogens (primary N) is 1. The molecule has 0 unspecified atom stereocenters. The molecule has 0 spiro atoms. The number of aryl methyl sites for hydroxylation is 1. The molecule has 7 heteroatoms. The third-order valence-corrected chi connectivity index (χ3v) is 5.53. The van der Waals surface area contributed by atoms with Crippen molar-refractivity contribution in [2.75, 3.05) is 5.32 Å². The number of hydrogen-bond acceptors (Lipinski definition) is 5. The number of nitrogens with one attached hydrogen (secondary N) is 1. The zero-order chi connectivity index (χ0) is 23.6. The molecule has 0 fully saturated rings. The Morgan fingerprint density at radius 2 is 1.91 bits per heavy atom. The van der Waals surface area contributed by atoms with Gasteiger partial charge in [-0.15, -0.1) is 0 Å². The molecule has 1 amide bonds. The van der Waals surface area contributed by atoms with Gasteiger partial charge < -0.3 is 15.5 Å². The molecule has 0 saturated heterocycles. The van der Waals surface area contributed by atoms with E-state index in [2.05, 4.69) is 48.2 Å². The van der Waals surface area contributed by atoms with Crippen molar-refractivity contribution >= 4 is 22.5 Å². The molecule has 0 radical (unpaired) electrons. The number of benzene rings is 2. The highest BCUT2D eigenvalue weighted by atomic mass is 19.1. The van der Waals surface area contributed by atoms with E-state index in [0.29, 0.717) is 18.5 Å². The van der Waals surface area contributed by atoms with E-state index < -0.39 is 11.9 Å². The van der Waals surface area contributed by atoms with E-state index in [1.54, 1.807) is 18.3 Å². The van der Waals surface area contributed by atoms with Gasteiger partial charge in [-0.3, -0.25) is 9.78 Å². The minimum atomic E-state index is -0.477. The molecule has 2 aromatic heterocycles. The molecule has 4 aromatic rings. The second-order valence-electron chi connectivity index (χ2n) is 9.18. The fourth-order valence-corrected chi connectivity index (χ4v) is 3.52. The Hall–Kier alpha value is -3.58. The third-order valence-electron chi connectivity index (χ3n) is 5.53. The van der Waals surface area contributed by atoms with Crippen LogP contribution in [-0.2, 0) is 11.8 Å². The molecule has 170 valence electrons. The van der Waals surface area contributed by atoms with Crippen LogP contribution >= 0.6 is 0 Å². The Morgan fingerprint density at radius 1 is 1.15 bits per heavy atom. The lowest BCUT2D eigenvalue weighted by molar-refractivity contribution is 0.102. The van der Waals surface area contributed by atoms with Crippen molar-refractivity contribution < 1.29 is 13.6 Å². The van der Waals surface area contributed by atoms with Crippen LogP contribution in [0, 0.1) is 5.82 Å². The van der Waals surface area contributed by atoms with E-state index in [0.717, 1.165) is 16.5 Å². The second kappa shape index (κ2) is 9.11. The molecule has 3 N–H and O–H groups in total. The maximum atomic E-state index is 13.0. The van der Waals surface area contributed by atoms with Crippen LogP contribution in [0.15, 0.2) is 65.4 Å². The lowest BCUT2D eigenvalue weighted by atomic mass is 9.86. The summed E-state index contributed by atoms with van der Waals surface area (Å²) in [5.74, 6) is -0.389. The van der Waals surface area contributed by atoms with Crippen LogP contribution in [0.4, 0.5) is 10.1 Å². The van der Waals surface area contributed by atoms with Crippen molar-refractivity contribution in [2.45, 2.75) is 45.1 Å². The average molecular weight is 447 g/mol. The first-order chi connectivity index (χ1) is 15.7. The van der Waals surface area contributed by atoms with Gasteiger partial charge in [-0.25, -0.2) is 9.37 Å². The highest BCUT2D eigenvalue weighted by Crippen LogP contribution is 2.27. The van der Waals surface area contributed by atoms with Crippen LogP contribution in [0.5, 0.6) is 0 Å². The van der Waals surface area contributed by atoms with E-state index in [4.69, 9.17) is 10.2 Å². The Balaban J connectivity index is 1.42. The quantitative estimate of drug-likeness (QED) is 0.405. The standard InChI is InChI=1S/C26H27FN4O2/c1-26(2,3)18-7-11-22-17(12-18)13-20(14-29-22)30-24(32)23-15-33-25(31-23)21(28)10-6-16-4-8-19(27)9-5-16/h4-5,7-9,11-15,21H,6,10,28H2,1-3H3,(H,30,32)/t21-/m1/s1. The van der Waals surface area contributed by atoms with Gasteiger partial charge in [0.15, 0.2) is 5.69 Å². The minimum Gasteiger partial charge on any atom is -0.446 e. The SMILES string of the molecule is CC(C)(C)c1ccc2ncc(NC(=O)c3coc([C@H](N)CCc4ccc(F)cc4)n3)cc2c1. The van der Waals surface area contributed by atoms with Gasteiger partial charge in [0.05, 0.1) is 23.4 Å². The number of amides is 1. The first-order valence-electron chi connectivity index (χ1n) is 10.9. The van der Waals surface area contributed by atoms with Gasteiger partial charge in [-0.05, 0) is 59.7 Å². The molecule has 2 heterocycles. The Kier molecular flexibility index (Phi) is 6.24. The number of nitrogens with zero attached hydrogens (tertiary/aromatic N) is 2. The molecule has 0 aliphatic rings. The van der Waals surface area contributed by atoms with Gasteiger partial charge in [0.1, 0.15) is 12.1 Å². The number of carbonyl (C=O) groups excluding carboxylic acids is 1. The van der Waals surface area contributed by atoms with Gasteiger partial charge in [0.2, 0.25) is 5.89 Å². The molecule has 4 rings (SSSR count). The molecule has 6 nitrogen and oxygen atoms in total. The summed E-state index contributed by atoms with van der Waals surface area (Å²) in [6.45, 7) is 6.46. The van der Waals surface area contributed by atoms with E-state index >= 15 is 0 Å². The van der Waals surface area contributed by atoms with E-state index in [-0.39, 0.29) is 22.8 Å². The second-order valence-corrected chi connectivity index (χ2v) is 9.18. The maximum Gasteiger partial charge on any atom is 0.277 e. The minimum absolute atomic E-state index is 0.0139. The van der Waals surface area contributed by atoms with Gasteiger partial charge in [0, 0.05) is 5.39 Å². The molecule has 33 heavy (non-hydrogen) atoms. The summed E-state index contributed by atoms with van der Waals surface area (Å²) in [5.41, 5.74) is 9.93. The lowest BCUT2D eigenvalue weighted by Crippen LogP contribution is -2.15. The van der Waals surface area contributed by atoms with Crippen LogP contribution in [-0.4, -0.2) is 15.9 Å². The highest BCUT2D eigenvalue weighted by molar-refractivity contribution is 6.03. The predicted molar refractivity (Wildman–Crippen MR) is 127 cm³/mol. The van der Waals surface area contributed by atoms with Crippen molar-refractivity contribution in [1.82, 2.24) is 9.97 Å². The van der Waals surface area contributed by atoms with Crippen molar-refractivity contribution in [2.24, 2.45) is 5.73 Å². The summed E-state index contributed by atoms with van der Waals surface area (Å²) in [7, 11) is 0. The molecule has 1 atom stereocenters. The van der Waals surface area contributed by atoms with Crippen LogP contribution < -0.4 is 11.1 Å². The molecule has 2 aromatic carbocycles. The highest BCUT2D eigenvalue weighted by Gasteiger charge is 2.18. The first kappa shape index (κ1) is 22.6. The number of hydrogen-bond donors (Lipinski definition) is 2. The number of pyridine rings is 1. The average Bonchev–Trinajstić information content (AvgIpc) is 3.28. The summed E-state index contributed by atoms with van der Waals surface area (Å²) >= 11 is 0. The van der Waals surface area contributed by atoms with Crippen molar-refractivity contribution in [3.8, 4) is 0 Å². The fourth-order valence-electron chi connectivity index (χ4n) is 3.52. The number of aromatic nitrogens is 2. The normalized spacial score (nSPS) is 12.6. The van der Waals surface area contributed by atoms with Gasteiger partial charge >= 0.3 is 0 Å². The van der Waals surface area contributed by atoms with Gasteiger partial charge in [-0.2, -0.15) is 0 Å². The summed E-state index contributed by atoms with van der Waals surface area (Å²) in [6.07, 6.45) is 4.11. The molecule has 0 aliphatic carbocycles. The van der Waals surface area contributed by atoms with Gasteiger partial charge in [0.25, 0.3) is 5.91 Å². The smallest absolute Gasteiger partial charge is 0.277 e. The zero-order valence-electron chi connectivity index (χ0n) is 18.9. The zero-order valence-corrected chi connectivity index (χ0v) is 18.9. The van der Waals surface area contributed by atoms with E-state index in [1.807, 2.05) is 12.1 Å². The monoisotopic (exact) mass is 446 g/mol. The molecular formula is C26H27FN4O2. The van der Waals surface area contributed by atoms with Crippen LogP contribution in [0.2, 0.25) is 0 Å². The van der Waals surface area contributed by atoms with Crippen LogP contribution in [0.25, 0.3) is 10.9 Å². The van der Waals surface area contributed by atoms with E-state index in [9.17, 15) is 9.18 Å². The Labute approximate surface area is 192 Å². The largest absolute Gasteiger partial charge is 0.446 e. The lowest BCUT2D eigenvalue weighted by Gasteiger charge is -2.19. The Morgan fingerprint density at radius 3 is 2.64 bits per heavy atom. The van der Waals surface area contributed by atoms with Crippen LogP contribution in [0.1, 0.15) is 60.7 Å². The number of anilines is 1. The molecule has 0 bridgehead atoms. The Bertz CT molecular complexity index is 1280. The van der Waals surface area contributed by atoms with Gasteiger partial charge in [-0.1, -0.05) is 39.0 Å². The number of rotatable bonds is 6. The maximum absolute atomic E-state index is 13.0. The molecule has 0 aliphatic heterocycles. The van der Waals surface area contributed by atoms with Crippen molar-refractivity contribution in [1.29, 1.82) is 0 Å². The summed E-state index contributed by atoms with van der Waals surface area (Å²) in [4.78, 5) is 21.4. The van der Waals surface area contributed by atoms with Crippen molar-refractivity contribution in [3.05, 3.63) is 89.5 Å². The molecular weight excluding hydrogens is 419 g/mol. The first-order valence-corrected chi connectivity index (χ1v) is 10.9. The number of fused-ring (bicyclic) bond motifs is 1. The predicted octanol–water partition coefficient (Wildman–Crippen LogP) is 5.54. The summed E-state index contributed by atoms with van der Waals surface area (Å²) in [5, 5.41) is 3.77. The molecule has 0 saturated carbocycles. The number of carbonyl (C=O) groups is 1. The third kappa shape index (κ3) is 5.43. The van der Waals surface area contributed by atoms with Crippen LogP contribution in [0.3, 0.4) is 0 Å². The summed E-state index contributed by atoms with van der Waals surface area (Å²) < 4.78 is 18.5. The summed E-state index contributed by atoms with van der Waals surface area (Å²) in [6, 6.07) is 13.8. The van der Waals surface area contributed by atoms with E-state index in [1.165, 1.54) is 24.0 Å². The number of halogens is 1. The number of oxazole rings is 1. The topological polar surface area (TPSA) is 94.0 Å². The van der Waals surface area contributed by atoms with Crippen molar-refractivity contribution in [3.63, 3.8) is 0 Å². The fraction of sp³-hybridized carbons (Fsp3) is 0.269.